The van der Waals surface area contributed by atoms with Crippen LogP contribution < -0.4 is 5.32 Å². The third-order valence-corrected chi connectivity index (χ3v) is 9.19. The van der Waals surface area contributed by atoms with E-state index >= 15 is 0 Å². The van der Waals surface area contributed by atoms with Crippen molar-refractivity contribution in [3.05, 3.63) is 70.4 Å². The molecule has 0 radical (unpaired) electrons. The quantitative estimate of drug-likeness (QED) is 0.249. The maximum Gasteiger partial charge on any atom is 0.375 e. The molecule has 5 rings (SSSR count). The van der Waals surface area contributed by atoms with Crippen LogP contribution in [0.4, 0.5) is 0 Å². The van der Waals surface area contributed by atoms with Crippen molar-refractivity contribution in [3.8, 4) is 11.5 Å². The summed E-state index contributed by atoms with van der Waals surface area (Å²) in [6.45, 7) is 13.7. The lowest BCUT2D eigenvalue weighted by Crippen LogP contribution is -2.46. The van der Waals surface area contributed by atoms with Crippen LogP contribution in [0.2, 0.25) is 0 Å². The number of nitrogens with one attached hydrogen (secondary N) is 1. The Balaban J connectivity index is 1.00. The van der Waals surface area contributed by atoms with Gasteiger partial charge in [0, 0.05) is 64.6 Å². The molecule has 10 nitrogen and oxygen atoms in total. The molecular formula is C34H47BN6O4. The van der Waals surface area contributed by atoms with Gasteiger partial charge in [0.25, 0.3) is 5.91 Å². The van der Waals surface area contributed by atoms with Crippen molar-refractivity contribution >= 4 is 25.6 Å². The van der Waals surface area contributed by atoms with Gasteiger partial charge in [0.15, 0.2) is 0 Å². The second kappa shape index (κ2) is 15.0. The second-order valence-electron chi connectivity index (χ2n) is 12.8. The van der Waals surface area contributed by atoms with Gasteiger partial charge in [-0.05, 0) is 72.8 Å². The van der Waals surface area contributed by atoms with Gasteiger partial charge in [-0.3, -0.25) is 14.5 Å². The smallest absolute Gasteiger partial charge is 0.375 e. The Hall–Kier alpha value is -3.83. The van der Waals surface area contributed by atoms with E-state index in [0.717, 1.165) is 69.7 Å². The molecule has 3 aliphatic heterocycles. The lowest BCUT2D eigenvalue weighted by atomic mass is 9.98. The van der Waals surface area contributed by atoms with E-state index in [0.29, 0.717) is 32.7 Å². The molecule has 2 aromatic rings. The molecule has 1 saturated heterocycles. The summed E-state index contributed by atoms with van der Waals surface area (Å²) in [7, 11) is 0.529. The van der Waals surface area contributed by atoms with Crippen molar-refractivity contribution in [2.75, 3.05) is 39.3 Å². The van der Waals surface area contributed by atoms with E-state index in [2.05, 4.69) is 38.2 Å². The topological polar surface area (TPSA) is 112 Å². The minimum Gasteiger partial charge on any atom is -0.508 e. The van der Waals surface area contributed by atoms with E-state index in [1.807, 2.05) is 37.9 Å². The van der Waals surface area contributed by atoms with Crippen LogP contribution in [-0.2, 0) is 24.4 Å². The number of amides is 2. The van der Waals surface area contributed by atoms with Crippen LogP contribution in [0.3, 0.4) is 0 Å². The highest BCUT2D eigenvalue weighted by Gasteiger charge is 2.28. The van der Waals surface area contributed by atoms with Gasteiger partial charge in [0.1, 0.15) is 11.5 Å². The summed E-state index contributed by atoms with van der Waals surface area (Å²) in [5, 5.41) is 23.6. The first-order chi connectivity index (χ1) is 21.7. The van der Waals surface area contributed by atoms with E-state index in [4.69, 9.17) is 0 Å². The monoisotopic (exact) mass is 614 g/mol. The fraction of sp³-hybridized carbons (Fsp3) is 0.500. The van der Waals surface area contributed by atoms with Gasteiger partial charge in [-0.25, -0.2) is 0 Å². The number of carbonyl (C=O) groups excluding carboxylic acids is 2. The zero-order chi connectivity index (χ0) is 31.9. The fourth-order valence-corrected chi connectivity index (χ4v) is 6.31. The van der Waals surface area contributed by atoms with Crippen LogP contribution in [0, 0.1) is 0 Å². The molecule has 2 amide bonds. The third-order valence-electron chi connectivity index (χ3n) is 9.19. The number of piperazine rings is 1. The van der Waals surface area contributed by atoms with Crippen molar-refractivity contribution in [2.24, 2.45) is 4.90 Å². The lowest BCUT2D eigenvalue weighted by Gasteiger charge is -2.34. The molecule has 11 heteroatoms. The van der Waals surface area contributed by atoms with E-state index in [-0.39, 0.29) is 40.8 Å². The summed E-state index contributed by atoms with van der Waals surface area (Å²) in [5.41, 5.74) is 4.45. The Labute approximate surface area is 267 Å². The van der Waals surface area contributed by atoms with Gasteiger partial charge in [0.05, 0.1) is 11.6 Å². The molecule has 1 unspecified atom stereocenters. The lowest BCUT2D eigenvalue weighted by molar-refractivity contribution is -0.123. The van der Waals surface area contributed by atoms with E-state index < -0.39 is 0 Å². The number of nitrogens with zero attached hydrogens (tertiary/aromatic N) is 5. The zero-order valence-corrected chi connectivity index (χ0v) is 26.9. The average molecular weight is 615 g/mol. The molecule has 1 fully saturated rings. The highest BCUT2D eigenvalue weighted by atomic mass is 16.3. The number of hydrogen-bond donors (Lipinski definition) is 3. The molecule has 2 aromatic carbocycles. The summed E-state index contributed by atoms with van der Waals surface area (Å²) in [5.74, 6) is -0.301. The molecule has 0 aromatic heterocycles. The highest BCUT2D eigenvalue weighted by Crippen LogP contribution is 2.34. The third kappa shape index (κ3) is 8.26. The Bertz CT molecular complexity index is 1420. The normalized spacial score (nSPS) is 17.4. The molecule has 0 aliphatic carbocycles. The van der Waals surface area contributed by atoms with Crippen LogP contribution in [0.15, 0.2) is 47.5 Å². The molecule has 0 spiro atoms. The number of phenolic OH excluding ortho intramolecular Hbond substituents is 2. The van der Waals surface area contributed by atoms with Crippen LogP contribution in [-0.4, -0.2) is 101 Å². The Morgan fingerprint density at radius 1 is 0.933 bits per heavy atom. The van der Waals surface area contributed by atoms with Crippen molar-refractivity contribution in [1.82, 2.24) is 24.8 Å². The molecule has 1 atom stereocenters. The minimum atomic E-state index is -0.219. The van der Waals surface area contributed by atoms with E-state index in [1.54, 1.807) is 17.2 Å². The zero-order valence-electron chi connectivity index (χ0n) is 26.9. The Morgan fingerprint density at radius 2 is 1.69 bits per heavy atom. The first-order valence-electron chi connectivity index (χ1n) is 16.3. The number of unbranched alkanes of at least 4 members (excludes halogenated alkanes) is 2. The molecule has 3 heterocycles. The number of hydrogen-bond acceptors (Lipinski definition) is 8. The summed E-state index contributed by atoms with van der Waals surface area (Å²) in [4.78, 5) is 38.7. The minimum absolute atomic E-state index is 0.0135. The summed E-state index contributed by atoms with van der Waals surface area (Å²) in [6, 6.07) is 9.21. The summed E-state index contributed by atoms with van der Waals surface area (Å²) >= 11 is 0. The number of allylic oxidation sites excluding steroid dienone is 1. The maximum atomic E-state index is 13.3. The number of benzene rings is 2. The molecule has 45 heavy (non-hydrogen) atoms. The van der Waals surface area contributed by atoms with Gasteiger partial charge in [-0.2, -0.15) is 0 Å². The molecule has 0 bridgehead atoms. The SMILES string of the molecule is CC(C)c1cc(C(=O)N2Cc3ccc(CN4CCN(CCCCCNC(=O)C(C)N5BN=CC=C5)CC4)cc3C2)c(O)cc1O. The van der Waals surface area contributed by atoms with Crippen molar-refractivity contribution in [2.45, 2.75) is 71.6 Å². The molecule has 240 valence electrons. The first kappa shape index (κ1) is 32.6. The Kier molecular flexibility index (Phi) is 10.8. The predicted octanol–water partition coefficient (Wildman–Crippen LogP) is 3.34. The maximum absolute atomic E-state index is 13.3. The summed E-state index contributed by atoms with van der Waals surface area (Å²) in [6.07, 6.45) is 8.75. The van der Waals surface area contributed by atoms with Gasteiger partial charge in [-0.1, -0.05) is 38.5 Å². The molecule has 0 saturated carbocycles. The van der Waals surface area contributed by atoms with Crippen LogP contribution in [0.1, 0.15) is 78.6 Å². The Morgan fingerprint density at radius 3 is 2.42 bits per heavy atom. The van der Waals surface area contributed by atoms with E-state index in [1.165, 1.54) is 11.6 Å². The number of phenols is 2. The van der Waals surface area contributed by atoms with Crippen molar-refractivity contribution < 1.29 is 19.8 Å². The largest absolute Gasteiger partial charge is 0.508 e. The number of fused-ring (bicyclic) bond motifs is 1. The standard InChI is InChI=1S/C34H47BN6O4/c1-24(2)29-19-30(32(43)20-31(29)42)34(45)40-22-27-9-8-26(18-28(27)23-40)21-39-16-14-38(15-17-39)12-6-4-5-10-36-33(44)25(3)41-13-7-11-37-35-41/h7-9,11,13,18-20,24-25,35,42-43H,4-6,10,12,14-17,21-23H2,1-3H3,(H,36,44). The summed E-state index contributed by atoms with van der Waals surface area (Å²) < 4.78 is 0. The first-order valence-corrected chi connectivity index (χ1v) is 16.3. The van der Waals surface area contributed by atoms with Crippen molar-refractivity contribution in [1.29, 1.82) is 0 Å². The predicted molar refractivity (Wildman–Crippen MR) is 179 cm³/mol. The van der Waals surface area contributed by atoms with Gasteiger partial charge in [0.2, 0.25) is 5.91 Å². The van der Waals surface area contributed by atoms with Crippen LogP contribution in [0.5, 0.6) is 11.5 Å². The van der Waals surface area contributed by atoms with Crippen LogP contribution in [0.25, 0.3) is 0 Å². The average Bonchev–Trinajstić information content (AvgIpc) is 3.46. The van der Waals surface area contributed by atoms with Gasteiger partial charge >= 0.3 is 7.55 Å². The van der Waals surface area contributed by atoms with Gasteiger partial charge in [-0.15, -0.1) is 0 Å². The number of rotatable bonds is 12. The highest BCUT2D eigenvalue weighted by molar-refractivity contribution is 6.34. The molecular weight excluding hydrogens is 567 g/mol. The number of aromatic hydroxyl groups is 2. The van der Waals surface area contributed by atoms with Crippen LogP contribution >= 0.6 is 0 Å². The van der Waals surface area contributed by atoms with Gasteiger partial charge < -0.3 is 35.0 Å². The molecule has 3 aliphatic rings. The van der Waals surface area contributed by atoms with E-state index in [9.17, 15) is 19.8 Å². The number of carbonyl (C=O) groups is 2. The van der Waals surface area contributed by atoms with Crippen molar-refractivity contribution in [3.63, 3.8) is 0 Å². The molecule has 3 N–H and O–H groups in total. The fourth-order valence-electron chi connectivity index (χ4n) is 6.31. The second-order valence-corrected chi connectivity index (χ2v) is 12.8.